The first-order valence-electron chi connectivity index (χ1n) is 12.5. The Balaban J connectivity index is 1.92. The van der Waals surface area contributed by atoms with E-state index in [1.807, 2.05) is 0 Å². The molecule has 0 unspecified atom stereocenters. The molecule has 2 nitrogen and oxygen atoms in total. The monoisotopic (exact) mass is 396 g/mol. The number of hydrogen-bond donors (Lipinski definition) is 1. The Labute approximate surface area is 177 Å². The van der Waals surface area contributed by atoms with E-state index in [0.29, 0.717) is 17.8 Å². The first-order chi connectivity index (χ1) is 14.1. The first-order valence-corrected chi connectivity index (χ1v) is 12.5. The van der Waals surface area contributed by atoms with E-state index in [1.54, 1.807) is 5.56 Å². The van der Waals surface area contributed by atoms with Crippen LogP contribution in [0.25, 0.3) is 0 Å². The molecule has 160 valence electrons. The summed E-state index contributed by atoms with van der Waals surface area (Å²) in [5.74, 6) is 0.907. The predicted octanol–water partition coefficient (Wildman–Crippen LogP) is 8.14. The van der Waals surface area contributed by atoms with Gasteiger partial charge in [0.25, 0.3) is 0 Å². The van der Waals surface area contributed by atoms with Gasteiger partial charge in [0.2, 0.25) is 0 Å². The first kappa shape index (κ1) is 20.9. The Bertz CT molecular complexity index is 684. The highest BCUT2D eigenvalue weighted by Crippen LogP contribution is 2.48. The third-order valence-corrected chi connectivity index (χ3v) is 8.41. The highest BCUT2D eigenvalue weighted by Gasteiger charge is 2.34. The minimum atomic E-state index is -0.660. The molecule has 3 aliphatic rings. The van der Waals surface area contributed by atoms with Crippen molar-refractivity contribution in [1.82, 2.24) is 0 Å². The lowest BCUT2D eigenvalue weighted by Gasteiger charge is -2.35. The van der Waals surface area contributed by atoms with Gasteiger partial charge in [0.15, 0.2) is 0 Å². The third kappa shape index (κ3) is 4.14. The molecule has 3 saturated carbocycles. The molecule has 3 aliphatic carbocycles. The lowest BCUT2D eigenvalue weighted by Crippen LogP contribution is -2.22. The molecule has 29 heavy (non-hydrogen) atoms. The lowest BCUT2D eigenvalue weighted by molar-refractivity contribution is 0.0692. The molecule has 0 heterocycles. The second kappa shape index (κ2) is 9.23. The van der Waals surface area contributed by atoms with Crippen molar-refractivity contribution >= 4 is 5.97 Å². The van der Waals surface area contributed by atoms with Gasteiger partial charge in [0.05, 0.1) is 5.56 Å². The van der Waals surface area contributed by atoms with Crippen LogP contribution in [0.2, 0.25) is 0 Å². The number of carboxylic acid groups (broad SMARTS) is 1. The zero-order chi connectivity index (χ0) is 20.4. The van der Waals surface area contributed by atoms with Gasteiger partial charge in [-0.25, -0.2) is 4.79 Å². The van der Waals surface area contributed by atoms with Crippen LogP contribution in [0.5, 0.6) is 0 Å². The van der Waals surface area contributed by atoms with Gasteiger partial charge in [-0.1, -0.05) is 57.8 Å². The molecular weight excluding hydrogens is 356 g/mol. The number of carboxylic acids is 1. The van der Waals surface area contributed by atoms with Crippen molar-refractivity contribution in [3.63, 3.8) is 0 Å². The second-order valence-electron chi connectivity index (χ2n) is 10.2. The number of hydrogen-bond acceptors (Lipinski definition) is 1. The zero-order valence-electron chi connectivity index (χ0n) is 18.7. The molecule has 0 saturated heterocycles. The summed E-state index contributed by atoms with van der Waals surface area (Å²) in [6.45, 7) is 4.55. The van der Waals surface area contributed by atoms with E-state index in [1.165, 1.54) is 119 Å². The van der Waals surface area contributed by atoms with Crippen LogP contribution in [0.1, 0.15) is 152 Å². The van der Waals surface area contributed by atoms with Crippen LogP contribution in [0.4, 0.5) is 0 Å². The van der Waals surface area contributed by atoms with Crippen LogP contribution in [0, 0.1) is 13.8 Å². The van der Waals surface area contributed by atoms with Crippen LogP contribution in [0.15, 0.2) is 0 Å². The highest BCUT2D eigenvalue weighted by molar-refractivity contribution is 5.93. The average molecular weight is 397 g/mol. The quantitative estimate of drug-likeness (QED) is 0.557. The fraction of sp³-hybridized carbons (Fsp3) is 0.741. The third-order valence-electron chi connectivity index (χ3n) is 8.41. The largest absolute Gasteiger partial charge is 0.478 e. The van der Waals surface area contributed by atoms with E-state index in [4.69, 9.17) is 0 Å². The van der Waals surface area contributed by atoms with Crippen LogP contribution >= 0.6 is 0 Å². The van der Waals surface area contributed by atoms with Gasteiger partial charge >= 0.3 is 5.97 Å². The van der Waals surface area contributed by atoms with E-state index in [-0.39, 0.29) is 0 Å². The van der Waals surface area contributed by atoms with Gasteiger partial charge in [0.1, 0.15) is 0 Å². The zero-order valence-corrected chi connectivity index (χ0v) is 18.7. The van der Waals surface area contributed by atoms with Gasteiger partial charge in [-0.05, 0) is 97.9 Å². The molecule has 2 heteroatoms. The van der Waals surface area contributed by atoms with Crippen molar-refractivity contribution in [2.24, 2.45) is 0 Å². The Kier molecular flexibility index (Phi) is 6.66. The van der Waals surface area contributed by atoms with Crippen molar-refractivity contribution in [2.45, 2.75) is 128 Å². The molecule has 1 aromatic carbocycles. The minimum Gasteiger partial charge on any atom is -0.478 e. The van der Waals surface area contributed by atoms with E-state index in [9.17, 15) is 9.90 Å². The Hall–Kier alpha value is -1.31. The van der Waals surface area contributed by atoms with E-state index >= 15 is 0 Å². The van der Waals surface area contributed by atoms with E-state index in [2.05, 4.69) is 13.8 Å². The van der Waals surface area contributed by atoms with Crippen molar-refractivity contribution in [2.75, 3.05) is 0 Å². The maximum absolute atomic E-state index is 12.7. The summed E-state index contributed by atoms with van der Waals surface area (Å²) in [6.07, 6.45) is 19.0. The topological polar surface area (TPSA) is 37.3 Å². The summed E-state index contributed by atoms with van der Waals surface area (Å²) < 4.78 is 0. The van der Waals surface area contributed by atoms with Crippen molar-refractivity contribution in [3.8, 4) is 0 Å². The molecule has 0 bridgehead atoms. The second-order valence-corrected chi connectivity index (χ2v) is 10.2. The summed E-state index contributed by atoms with van der Waals surface area (Å²) in [5, 5.41) is 10.5. The molecule has 3 fully saturated rings. The van der Waals surface area contributed by atoms with Crippen LogP contribution in [-0.4, -0.2) is 11.1 Å². The summed E-state index contributed by atoms with van der Waals surface area (Å²) >= 11 is 0. The smallest absolute Gasteiger partial charge is 0.336 e. The minimum absolute atomic E-state index is 0.458. The van der Waals surface area contributed by atoms with Crippen molar-refractivity contribution in [1.29, 1.82) is 0 Å². The Morgan fingerprint density at radius 2 is 0.897 bits per heavy atom. The van der Waals surface area contributed by atoms with Gasteiger partial charge in [-0.15, -0.1) is 0 Å². The summed E-state index contributed by atoms with van der Waals surface area (Å²) in [7, 11) is 0. The fourth-order valence-electron chi connectivity index (χ4n) is 7.13. The van der Waals surface area contributed by atoms with E-state index in [0.717, 1.165) is 5.56 Å². The molecule has 0 spiro atoms. The Morgan fingerprint density at radius 1 is 0.586 bits per heavy atom. The Morgan fingerprint density at radius 3 is 1.21 bits per heavy atom. The van der Waals surface area contributed by atoms with E-state index < -0.39 is 5.97 Å². The maximum Gasteiger partial charge on any atom is 0.336 e. The standard InChI is InChI=1S/C27H40O2/c1-18-23(20-12-6-3-7-13-20)19(2)25(22-16-10-5-11-17-22)26(27(28)29)24(18)21-14-8-4-9-15-21/h20-22H,3-17H2,1-2H3,(H,28,29). The molecule has 0 aromatic heterocycles. The lowest BCUT2D eigenvalue weighted by atomic mass is 9.69. The number of benzene rings is 1. The van der Waals surface area contributed by atoms with Gasteiger partial charge in [0, 0.05) is 0 Å². The fourth-order valence-corrected chi connectivity index (χ4v) is 7.13. The molecule has 0 amide bonds. The molecule has 1 aromatic rings. The van der Waals surface area contributed by atoms with Gasteiger partial charge in [-0.2, -0.15) is 0 Å². The van der Waals surface area contributed by atoms with Crippen LogP contribution < -0.4 is 0 Å². The molecule has 1 N–H and O–H groups in total. The van der Waals surface area contributed by atoms with Crippen LogP contribution in [-0.2, 0) is 0 Å². The SMILES string of the molecule is Cc1c(C2CCCCC2)c(C)c(C2CCCCC2)c(C(=O)O)c1C1CCCCC1. The predicted molar refractivity (Wildman–Crippen MR) is 120 cm³/mol. The van der Waals surface area contributed by atoms with Gasteiger partial charge < -0.3 is 5.11 Å². The van der Waals surface area contributed by atoms with Gasteiger partial charge in [-0.3, -0.25) is 0 Å². The number of rotatable bonds is 4. The van der Waals surface area contributed by atoms with Crippen molar-refractivity contribution < 1.29 is 9.90 Å². The van der Waals surface area contributed by atoms with Crippen LogP contribution in [0.3, 0.4) is 0 Å². The molecule has 0 aliphatic heterocycles. The molecule has 0 radical (unpaired) electrons. The summed E-state index contributed by atoms with van der Waals surface area (Å²) in [5.41, 5.74) is 7.53. The molecular formula is C27H40O2. The molecule has 0 atom stereocenters. The summed E-state index contributed by atoms with van der Waals surface area (Å²) in [4.78, 5) is 12.7. The number of carbonyl (C=O) groups is 1. The average Bonchev–Trinajstić information content (AvgIpc) is 2.75. The summed E-state index contributed by atoms with van der Waals surface area (Å²) in [6, 6.07) is 0. The maximum atomic E-state index is 12.7. The number of aromatic carboxylic acids is 1. The van der Waals surface area contributed by atoms with Crippen molar-refractivity contribution in [3.05, 3.63) is 33.4 Å². The highest BCUT2D eigenvalue weighted by atomic mass is 16.4. The normalized spacial score (nSPS) is 22.7. The molecule has 4 rings (SSSR count).